The lowest BCUT2D eigenvalue weighted by Gasteiger charge is -2.25. The number of alkyl halides is 6. The van der Waals surface area contributed by atoms with Gasteiger partial charge in [-0.3, -0.25) is 4.79 Å². The number of carbonyl (C=O) groups is 1. The Morgan fingerprint density at radius 1 is 0.774 bits per heavy atom. The lowest BCUT2D eigenvalue weighted by molar-refractivity contribution is -0.254. The molecule has 2 heterocycles. The van der Waals surface area contributed by atoms with E-state index in [4.69, 9.17) is 0 Å². The number of hydrogen-bond acceptors (Lipinski definition) is 3. The molecule has 0 fully saturated rings. The molecule has 1 aliphatic carbocycles. The third kappa shape index (κ3) is 3.01. The van der Waals surface area contributed by atoms with E-state index in [1.165, 1.54) is 19.9 Å². The molecule has 31 heavy (non-hydrogen) atoms. The van der Waals surface area contributed by atoms with E-state index in [2.05, 4.69) is 0 Å². The number of rotatable bonds is 4. The first-order chi connectivity index (χ1) is 14.4. The van der Waals surface area contributed by atoms with Crippen molar-refractivity contribution in [3.8, 4) is 10.4 Å². The summed E-state index contributed by atoms with van der Waals surface area (Å²) in [5.41, 5.74) is -2.98. The van der Waals surface area contributed by atoms with Gasteiger partial charge in [-0.25, -0.2) is 0 Å². The summed E-state index contributed by atoms with van der Waals surface area (Å²) < 4.78 is 88.6. The highest BCUT2D eigenvalue weighted by Gasteiger charge is 2.80. The maximum absolute atomic E-state index is 15.0. The Kier molecular flexibility index (Phi) is 4.97. The SMILES string of the molecule is Cc1sc(C=O)cc1C1=C(c2cc(-c3ccccc3)sc2C)C(F)(F)C(F)(F)C1(F)F. The summed E-state index contributed by atoms with van der Waals surface area (Å²) in [6.07, 6.45) is 0.369. The largest absolute Gasteiger partial charge is 0.380 e. The molecule has 1 aliphatic rings. The van der Waals surface area contributed by atoms with Gasteiger partial charge in [0.25, 0.3) is 0 Å². The molecule has 0 amide bonds. The maximum atomic E-state index is 15.0. The van der Waals surface area contributed by atoms with E-state index in [9.17, 15) is 31.1 Å². The molecule has 1 aromatic carbocycles. The van der Waals surface area contributed by atoms with Crippen molar-refractivity contribution in [2.45, 2.75) is 31.6 Å². The molecule has 9 heteroatoms. The van der Waals surface area contributed by atoms with E-state index < -0.39 is 34.5 Å². The third-order valence-electron chi connectivity index (χ3n) is 5.23. The van der Waals surface area contributed by atoms with Crippen molar-refractivity contribution in [2.75, 3.05) is 0 Å². The normalized spacial score (nSPS) is 19.1. The van der Waals surface area contributed by atoms with Crippen molar-refractivity contribution in [3.05, 3.63) is 68.2 Å². The second-order valence-electron chi connectivity index (χ2n) is 7.16. The van der Waals surface area contributed by atoms with Crippen LogP contribution in [-0.2, 0) is 0 Å². The predicted octanol–water partition coefficient (Wildman–Crippen LogP) is 7.74. The summed E-state index contributed by atoms with van der Waals surface area (Å²) in [5, 5.41) is 0. The second-order valence-corrected chi connectivity index (χ2v) is 9.70. The van der Waals surface area contributed by atoms with Crippen LogP contribution in [0.5, 0.6) is 0 Å². The minimum absolute atomic E-state index is 0.0132. The van der Waals surface area contributed by atoms with Crippen molar-refractivity contribution < 1.29 is 31.1 Å². The van der Waals surface area contributed by atoms with Crippen LogP contribution in [0.2, 0.25) is 0 Å². The maximum Gasteiger partial charge on any atom is 0.380 e. The van der Waals surface area contributed by atoms with Gasteiger partial charge < -0.3 is 0 Å². The van der Waals surface area contributed by atoms with E-state index in [0.717, 1.165) is 28.7 Å². The Balaban J connectivity index is 2.05. The Morgan fingerprint density at radius 3 is 1.81 bits per heavy atom. The summed E-state index contributed by atoms with van der Waals surface area (Å²) in [6, 6.07) is 10.8. The van der Waals surface area contributed by atoms with Crippen molar-refractivity contribution in [1.82, 2.24) is 0 Å². The highest BCUT2D eigenvalue weighted by molar-refractivity contribution is 7.15. The predicted molar refractivity (Wildman–Crippen MR) is 111 cm³/mol. The van der Waals surface area contributed by atoms with Gasteiger partial charge in [0.05, 0.1) is 4.88 Å². The lowest BCUT2D eigenvalue weighted by atomic mass is 9.95. The molecule has 0 unspecified atom stereocenters. The highest BCUT2D eigenvalue weighted by atomic mass is 32.1. The monoisotopic (exact) mass is 472 g/mol. The van der Waals surface area contributed by atoms with Crippen LogP contribution < -0.4 is 0 Å². The third-order valence-corrected chi connectivity index (χ3v) is 7.31. The number of aryl methyl sites for hydroxylation is 2. The Hall–Kier alpha value is -2.39. The molecule has 0 spiro atoms. The first kappa shape index (κ1) is 21.8. The molecular formula is C22H14F6OS2. The van der Waals surface area contributed by atoms with Crippen LogP contribution >= 0.6 is 22.7 Å². The molecule has 3 aromatic rings. The molecule has 0 radical (unpaired) electrons. The zero-order valence-corrected chi connectivity index (χ0v) is 17.7. The molecule has 1 nitrogen and oxygen atoms in total. The van der Waals surface area contributed by atoms with E-state index >= 15 is 0 Å². The summed E-state index contributed by atoms with van der Waals surface area (Å²) in [6.45, 7) is 2.76. The van der Waals surface area contributed by atoms with Gasteiger partial charge in [0, 0.05) is 25.8 Å². The van der Waals surface area contributed by atoms with Gasteiger partial charge in [0.2, 0.25) is 0 Å². The van der Waals surface area contributed by atoms with E-state index in [0.29, 0.717) is 16.7 Å². The van der Waals surface area contributed by atoms with Gasteiger partial charge in [-0.05, 0) is 42.7 Å². The number of benzene rings is 1. The summed E-state index contributed by atoms with van der Waals surface area (Å²) in [7, 11) is 0. The molecular weight excluding hydrogens is 458 g/mol. The van der Waals surface area contributed by atoms with Gasteiger partial charge in [-0.15, -0.1) is 22.7 Å². The average molecular weight is 472 g/mol. The van der Waals surface area contributed by atoms with Crippen LogP contribution in [0.15, 0.2) is 42.5 Å². The lowest BCUT2D eigenvalue weighted by Crippen LogP contribution is -2.48. The van der Waals surface area contributed by atoms with Crippen LogP contribution in [0, 0.1) is 13.8 Å². The van der Waals surface area contributed by atoms with Crippen LogP contribution in [-0.4, -0.2) is 24.1 Å². The van der Waals surface area contributed by atoms with Crippen molar-refractivity contribution >= 4 is 40.1 Å². The number of thiophene rings is 2. The molecule has 2 aromatic heterocycles. The number of allylic oxidation sites excluding steroid dienone is 2. The zero-order chi connectivity index (χ0) is 22.8. The molecule has 4 rings (SSSR count). The topological polar surface area (TPSA) is 17.1 Å². The molecule has 0 bridgehead atoms. The van der Waals surface area contributed by atoms with Gasteiger partial charge in [0.1, 0.15) is 0 Å². The van der Waals surface area contributed by atoms with Gasteiger partial charge >= 0.3 is 17.8 Å². The highest BCUT2D eigenvalue weighted by Crippen LogP contribution is 2.65. The van der Waals surface area contributed by atoms with E-state index in [-0.39, 0.29) is 20.2 Å². The summed E-state index contributed by atoms with van der Waals surface area (Å²) in [4.78, 5) is 11.9. The van der Waals surface area contributed by atoms with E-state index in [1.54, 1.807) is 30.3 Å². The number of aldehydes is 1. The first-order valence-electron chi connectivity index (χ1n) is 9.04. The molecule has 0 saturated carbocycles. The van der Waals surface area contributed by atoms with Crippen molar-refractivity contribution in [3.63, 3.8) is 0 Å². The quantitative estimate of drug-likeness (QED) is 0.280. The molecule has 0 atom stereocenters. The number of carbonyl (C=O) groups excluding carboxylic acids is 1. The van der Waals surface area contributed by atoms with Crippen LogP contribution in [0.3, 0.4) is 0 Å². The molecule has 0 saturated heterocycles. The van der Waals surface area contributed by atoms with Crippen LogP contribution in [0.25, 0.3) is 21.6 Å². The number of hydrogen-bond donors (Lipinski definition) is 0. The summed E-state index contributed by atoms with van der Waals surface area (Å²) in [5.74, 6) is -15.9. The zero-order valence-electron chi connectivity index (χ0n) is 16.1. The fourth-order valence-electron chi connectivity index (χ4n) is 3.72. The first-order valence-corrected chi connectivity index (χ1v) is 10.7. The smallest absolute Gasteiger partial charge is 0.297 e. The van der Waals surface area contributed by atoms with Crippen LogP contribution in [0.1, 0.15) is 30.6 Å². The molecule has 162 valence electrons. The molecule has 0 N–H and O–H groups in total. The fourth-order valence-corrected chi connectivity index (χ4v) is 5.60. The number of halogens is 6. The standard InChI is InChI=1S/C22H14F6OS2/c1-11-15(8-14(10-29)30-11)18-19(21(25,26)22(27,28)20(18,23)24)16-9-17(31-12(16)2)13-6-4-3-5-7-13/h3-10H,1-2H3. The fraction of sp³-hybridized carbons (Fsp3) is 0.227. The Morgan fingerprint density at radius 2 is 1.29 bits per heavy atom. The Bertz CT molecular complexity index is 1200. The average Bonchev–Trinajstić information content (AvgIpc) is 3.30. The van der Waals surface area contributed by atoms with Crippen LogP contribution in [0.4, 0.5) is 26.3 Å². The minimum Gasteiger partial charge on any atom is -0.297 e. The molecule has 0 aliphatic heterocycles. The van der Waals surface area contributed by atoms with Crippen molar-refractivity contribution in [1.29, 1.82) is 0 Å². The van der Waals surface area contributed by atoms with E-state index in [1.807, 2.05) is 0 Å². The van der Waals surface area contributed by atoms with Crippen molar-refractivity contribution in [2.24, 2.45) is 0 Å². The van der Waals surface area contributed by atoms with Gasteiger partial charge in [-0.1, -0.05) is 30.3 Å². The van der Waals surface area contributed by atoms with Gasteiger partial charge in [0.15, 0.2) is 6.29 Å². The Labute approximate surface area is 181 Å². The minimum atomic E-state index is -5.62. The second kappa shape index (κ2) is 7.06. The summed E-state index contributed by atoms with van der Waals surface area (Å²) >= 11 is 1.84. The van der Waals surface area contributed by atoms with Gasteiger partial charge in [-0.2, -0.15) is 26.3 Å².